The number of hydrogen-bond donors (Lipinski definition) is 1. The lowest BCUT2D eigenvalue weighted by Gasteiger charge is -2.13. The Morgan fingerprint density at radius 3 is 2.68 bits per heavy atom. The molecule has 9 heteroatoms. The van der Waals surface area contributed by atoms with E-state index in [2.05, 4.69) is 15.5 Å². The molecule has 2 aromatic heterocycles. The first-order valence-corrected chi connectivity index (χ1v) is 11.6. The summed E-state index contributed by atoms with van der Waals surface area (Å²) in [7, 11) is 0. The van der Waals surface area contributed by atoms with Crippen LogP contribution in [0.3, 0.4) is 0 Å². The molecule has 1 N–H and O–H groups in total. The zero-order valence-corrected chi connectivity index (χ0v) is 19.0. The zero-order chi connectivity index (χ0) is 23.1. The molecule has 8 nitrogen and oxygen atoms in total. The number of amides is 1. The second-order valence-electron chi connectivity index (χ2n) is 7.78. The minimum atomic E-state index is -0.437. The highest BCUT2D eigenvalue weighted by Gasteiger charge is 2.22. The van der Waals surface area contributed by atoms with Gasteiger partial charge in [-0.05, 0) is 31.2 Å². The fourth-order valence-electron chi connectivity index (χ4n) is 3.85. The van der Waals surface area contributed by atoms with Crippen LogP contribution >= 0.6 is 11.8 Å². The van der Waals surface area contributed by atoms with Crippen molar-refractivity contribution in [2.45, 2.75) is 17.3 Å². The molecule has 3 heterocycles. The normalized spacial score (nSPS) is 13.3. The van der Waals surface area contributed by atoms with Crippen LogP contribution in [0.1, 0.15) is 6.92 Å². The van der Waals surface area contributed by atoms with Gasteiger partial charge in [-0.1, -0.05) is 54.2 Å². The lowest BCUT2D eigenvalue weighted by atomic mass is 10.2. The molecule has 1 amide bonds. The standard InChI is InChI=1S/C25H19N5O3S/c1-15(24(31)26-17-11-12-20-21(13-17)33-14-32-20)34-25-29-28-23-18-9-5-6-10-19(18)27-22(30(23)25)16-7-3-2-4-8-16/h2-13,15H,14H2,1H3,(H,26,31)/t15-/m0/s1. The van der Waals surface area contributed by atoms with Crippen molar-refractivity contribution < 1.29 is 14.3 Å². The molecular weight excluding hydrogens is 450 g/mol. The topological polar surface area (TPSA) is 90.6 Å². The molecule has 34 heavy (non-hydrogen) atoms. The van der Waals surface area contributed by atoms with Crippen LogP contribution in [0, 0.1) is 0 Å². The highest BCUT2D eigenvalue weighted by Crippen LogP contribution is 2.35. The Bertz CT molecular complexity index is 1540. The van der Waals surface area contributed by atoms with Gasteiger partial charge in [-0.15, -0.1) is 10.2 Å². The molecule has 3 aromatic carbocycles. The lowest BCUT2D eigenvalue weighted by Crippen LogP contribution is -2.22. The van der Waals surface area contributed by atoms with Crippen molar-refractivity contribution in [1.82, 2.24) is 19.6 Å². The SMILES string of the molecule is C[C@H](Sc1nnc2c3ccccc3nc(-c3ccccc3)n12)C(=O)Nc1ccc2c(c1)OCO2. The third-order valence-corrected chi connectivity index (χ3v) is 6.58. The Kier molecular flexibility index (Phi) is 5.03. The fourth-order valence-corrected chi connectivity index (χ4v) is 4.70. The molecule has 0 aliphatic carbocycles. The van der Waals surface area contributed by atoms with E-state index in [9.17, 15) is 4.79 Å². The van der Waals surface area contributed by atoms with Crippen LogP contribution in [0.4, 0.5) is 5.69 Å². The number of carbonyl (C=O) groups is 1. The van der Waals surface area contributed by atoms with Gasteiger partial charge in [-0.3, -0.25) is 9.20 Å². The van der Waals surface area contributed by atoms with Crippen molar-refractivity contribution >= 4 is 39.9 Å². The number of ether oxygens (including phenoxy) is 2. The number of anilines is 1. The third-order valence-electron chi connectivity index (χ3n) is 5.54. The number of hydrogen-bond acceptors (Lipinski definition) is 7. The zero-order valence-electron chi connectivity index (χ0n) is 18.1. The summed E-state index contributed by atoms with van der Waals surface area (Å²) >= 11 is 1.33. The third kappa shape index (κ3) is 3.60. The number of carbonyl (C=O) groups excluding carboxylic acids is 1. The monoisotopic (exact) mass is 469 g/mol. The highest BCUT2D eigenvalue weighted by molar-refractivity contribution is 8.00. The molecule has 0 saturated heterocycles. The van der Waals surface area contributed by atoms with Crippen LogP contribution in [0.15, 0.2) is 78.0 Å². The smallest absolute Gasteiger partial charge is 0.237 e. The Balaban J connectivity index is 1.34. The summed E-state index contributed by atoms with van der Waals surface area (Å²) in [5, 5.41) is 12.9. The highest BCUT2D eigenvalue weighted by atomic mass is 32.2. The molecule has 168 valence electrons. The van der Waals surface area contributed by atoms with Gasteiger partial charge in [-0.2, -0.15) is 0 Å². The summed E-state index contributed by atoms with van der Waals surface area (Å²) in [5.74, 6) is 1.86. The average Bonchev–Trinajstić information content (AvgIpc) is 3.51. The number of rotatable bonds is 5. The lowest BCUT2D eigenvalue weighted by molar-refractivity contribution is -0.115. The van der Waals surface area contributed by atoms with Crippen molar-refractivity contribution in [1.29, 1.82) is 0 Å². The summed E-state index contributed by atoms with van der Waals surface area (Å²) in [6, 6.07) is 23.1. The van der Waals surface area contributed by atoms with Crippen LogP contribution in [0.2, 0.25) is 0 Å². The summed E-state index contributed by atoms with van der Waals surface area (Å²) in [6.07, 6.45) is 0. The molecule has 5 aromatic rings. The van der Waals surface area contributed by atoms with Gasteiger partial charge in [0.2, 0.25) is 12.7 Å². The van der Waals surface area contributed by atoms with Gasteiger partial charge >= 0.3 is 0 Å². The van der Waals surface area contributed by atoms with E-state index >= 15 is 0 Å². The van der Waals surface area contributed by atoms with Gasteiger partial charge in [0.15, 0.2) is 22.3 Å². The predicted octanol–water partition coefficient (Wildman–Crippen LogP) is 4.79. The summed E-state index contributed by atoms with van der Waals surface area (Å²) < 4.78 is 12.7. The minimum Gasteiger partial charge on any atom is -0.454 e. The molecule has 0 unspecified atom stereocenters. The van der Waals surface area contributed by atoms with Crippen LogP contribution in [-0.2, 0) is 4.79 Å². The molecule has 1 atom stereocenters. The van der Waals surface area contributed by atoms with Crippen molar-refractivity contribution in [2.75, 3.05) is 12.1 Å². The van der Waals surface area contributed by atoms with E-state index in [1.54, 1.807) is 18.2 Å². The summed E-state index contributed by atoms with van der Waals surface area (Å²) in [6.45, 7) is 2.02. The van der Waals surface area contributed by atoms with Crippen molar-refractivity contribution in [3.63, 3.8) is 0 Å². The Labute approximate surface area is 198 Å². The van der Waals surface area contributed by atoms with Crippen LogP contribution in [0.5, 0.6) is 11.5 Å². The first-order valence-electron chi connectivity index (χ1n) is 10.7. The maximum Gasteiger partial charge on any atom is 0.237 e. The van der Waals surface area contributed by atoms with E-state index in [0.29, 0.717) is 28.0 Å². The molecule has 0 bridgehead atoms. The molecule has 1 aliphatic rings. The molecule has 0 spiro atoms. The van der Waals surface area contributed by atoms with Gasteiger partial charge in [-0.25, -0.2) is 4.98 Å². The van der Waals surface area contributed by atoms with Gasteiger partial charge in [0.05, 0.1) is 10.8 Å². The predicted molar refractivity (Wildman–Crippen MR) is 130 cm³/mol. The minimum absolute atomic E-state index is 0.157. The maximum atomic E-state index is 13.0. The number of thioether (sulfide) groups is 1. The Hall–Kier alpha value is -4.11. The number of fused-ring (bicyclic) bond motifs is 4. The van der Waals surface area contributed by atoms with Crippen molar-refractivity contribution in [3.05, 3.63) is 72.8 Å². The molecule has 1 aliphatic heterocycles. The number of benzene rings is 3. The van der Waals surface area contributed by atoms with Gasteiger partial charge in [0.1, 0.15) is 5.82 Å². The van der Waals surface area contributed by atoms with E-state index < -0.39 is 5.25 Å². The molecule has 0 saturated carbocycles. The van der Waals surface area contributed by atoms with Crippen LogP contribution < -0.4 is 14.8 Å². The maximum absolute atomic E-state index is 13.0. The van der Waals surface area contributed by atoms with Gasteiger partial charge < -0.3 is 14.8 Å². The van der Waals surface area contributed by atoms with E-state index in [1.807, 2.05) is 65.9 Å². The van der Waals surface area contributed by atoms with E-state index in [1.165, 1.54) is 11.8 Å². The number of nitrogens with zero attached hydrogens (tertiary/aromatic N) is 4. The van der Waals surface area contributed by atoms with Gasteiger partial charge in [0.25, 0.3) is 0 Å². The first kappa shape index (κ1) is 20.5. The van der Waals surface area contributed by atoms with E-state index in [0.717, 1.165) is 22.3 Å². The number of nitrogens with one attached hydrogen (secondary N) is 1. The largest absolute Gasteiger partial charge is 0.454 e. The summed E-state index contributed by atoms with van der Waals surface area (Å²) in [4.78, 5) is 17.9. The second kappa shape index (κ2) is 8.35. The van der Waals surface area contributed by atoms with Crippen molar-refractivity contribution in [3.8, 4) is 22.9 Å². The Morgan fingerprint density at radius 2 is 1.79 bits per heavy atom. The molecular formula is C25H19N5O3S. The second-order valence-corrected chi connectivity index (χ2v) is 9.09. The number of aromatic nitrogens is 4. The molecule has 0 radical (unpaired) electrons. The molecule has 6 rings (SSSR count). The fraction of sp³-hybridized carbons (Fsp3) is 0.120. The van der Waals surface area contributed by atoms with Crippen molar-refractivity contribution in [2.24, 2.45) is 0 Å². The molecule has 0 fully saturated rings. The van der Waals surface area contributed by atoms with Crippen LogP contribution in [0.25, 0.3) is 27.9 Å². The van der Waals surface area contributed by atoms with Gasteiger partial charge in [0, 0.05) is 22.7 Å². The van der Waals surface area contributed by atoms with E-state index in [-0.39, 0.29) is 12.7 Å². The number of para-hydroxylation sites is 1. The quantitative estimate of drug-likeness (QED) is 0.370. The average molecular weight is 470 g/mol. The van der Waals surface area contributed by atoms with E-state index in [4.69, 9.17) is 14.5 Å². The Morgan fingerprint density at radius 1 is 1.00 bits per heavy atom. The van der Waals surface area contributed by atoms with Crippen LogP contribution in [-0.4, -0.2) is 37.5 Å². The first-order chi connectivity index (χ1) is 16.7. The summed E-state index contributed by atoms with van der Waals surface area (Å²) in [5.41, 5.74) is 3.13.